The molecule has 0 fully saturated rings. The Morgan fingerprint density at radius 2 is 1.92 bits per heavy atom. The highest BCUT2D eigenvalue weighted by atomic mass is 19.4. The number of rotatable bonds is 6. The highest BCUT2D eigenvalue weighted by Crippen LogP contribution is 2.32. The standard InChI is InChI=1S/C17H16F5NO2/c1-2-8-23(10-15(18)19)16(24)14-7-6-13(25-14)11-4-3-5-12(9-11)17(20,21)22/h3-7,9,15H,2,8,10H2,1H3. The van der Waals surface area contributed by atoms with E-state index in [2.05, 4.69) is 0 Å². The van der Waals surface area contributed by atoms with E-state index >= 15 is 0 Å². The minimum Gasteiger partial charge on any atom is -0.451 e. The number of alkyl halides is 5. The average molecular weight is 361 g/mol. The van der Waals surface area contributed by atoms with Crippen LogP contribution < -0.4 is 0 Å². The van der Waals surface area contributed by atoms with Gasteiger partial charge in [0.2, 0.25) is 0 Å². The summed E-state index contributed by atoms with van der Waals surface area (Å²) in [6.07, 6.45) is -6.70. The van der Waals surface area contributed by atoms with Crippen molar-refractivity contribution >= 4 is 5.91 Å². The number of carbonyl (C=O) groups is 1. The van der Waals surface area contributed by atoms with Crippen molar-refractivity contribution in [3.8, 4) is 11.3 Å². The smallest absolute Gasteiger partial charge is 0.416 e. The zero-order valence-corrected chi connectivity index (χ0v) is 13.3. The molecular formula is C17H16F5NO2. The fourth-order valence-corrected chi connectivity index (χ4v) is 2.32. The molecule has 0 spiro atoms. The molecule has 0 unspecified atom stereocenters. The van der Waals surface area contributed by atoms with Gasteiger partial charge in [-0.1, -0.05) is 19.1 Å². The van der Waals surface area contributed by atoms with Crippen LogP contribution in [0, 0.1) is 0 Å². The Morgan fingerprint density at radius 3 is 2.52 bits per heavy atom. The Morgan fingerprint density at radius 1 is 1.20 bits per heavy atom. The van der Waals surface area contributed by atoms with Crippen molar-refractivity contribution in [2.75, 3.05) is 13.1 Å². The predicted molar refractivity (Wildman–Crippen MR) is 81.3 cm³/mol. The second kappa shape index (κ2) is 7.67. The molecule has 0 saturated heterocycles. The summed E-state index contributed by atoms with van der Waals surface area (Å²) in [6, 6.07) is 7.06. The molecule has 0 N–H and O–H groups in total. The molecule has 2 aromatic rings. The summed E-state index contributed by atoms with van der Waals surface area (Å²) >= 11 is 0. The lowest BCUT2D eigenvalue weighted by atomic mass is 10.1. The Balaban J connectivity index is 2.26. The van der Waals surface area contributed by atoms with Gasteiger partial charge in [0.1, 0.15) is 5.76 Å². The van der Waals surface area contributed by atoms with E-state index in [9.17, 15) is 26.7 Å². The molecule has 1 amide bonds. The second-order valence-corrected chi connectivity index (χ2v) is 5.38. The van der Waals surface area contributed by atoms with Gasteiger partial charge < -0.3 is 9.32 Å². The lowest BCUT2D eigenvalue weighted by molar-refractivity contribution is -0.137. The summed E-state index contributed by atoms with van der Waals surface area (Å²) in [5.74, 6) is -0.857. The summed E-state index contributed by atoms with van der Waals surface area (Å²) in [4.78, 5) is 13.2. The molecule has 25 heavy (non-hydrogen) atoms. The minimum absolute atomic E-state index is 0.0583. The molecule has 8 heteroatoms. The van der Waals surface area contributed by atoms with Gasteiger partial charge in [-0.3, -0.25) is 4.79 Å². The zero-order chi connectivity index (χ0) is 18.6. The number of benzene rings is 1. The van der Waals surface area contributed by atoms with Gasteiger partial charge in [0.25, 0.3) is 12.3 Å². The van der Waals surface area contributed by atoms with Crippen molar-refractivity contribution in [2.24, 2.45) is 0 Å². The van der Waals surface area contributed by atoms with Gasteiger partial charge in [-0.15, -0.1) is 0 Å². The van der Waals surface area contributed by atoms with Gasteiger partial charge in [0, 0.05) is 12.1 Å². The highest BCUT2D eigenvalue weighted by molar-refractivity contribution is 5.92. The van der Waals surface area contributed by atoms with Gasteiger partial charge in [0.05, 0.1) is 12.1 Å². The topological polar surface area (TPSA) is 33.5 Å². The number of hydrogen-bond acceptors (Lipinski definition) is 2. The third-order valence-electron chi connectivity index (χ3n) is 3.43. The van der Waals surface area contributed by atoms with Crippen molar-refractivity contribution in [3.63, 3.8) is 0 Å². The van der Waals surface area contributed by atoms with Crippen molar-refractivity contribution < 1.29 is 31.2 Å². The van der Waals surface area contributed by atoms with E-state index in [1.54, 1.807) is 6.92 Å². The van der Waals surface area contributed by atoms with Gasteiger partial charge in [-0.05, 0) is 30.7 Å². The molecule has 1 aromatic heterocycles. The number of amides is 1. The monoisotopic (exact) mass is 361 g/mol. The summed E-state index contributed by atoms with van der Waals surface area (Å²) in [5, 5.41) is 0. The lowest BCUT2D eigenvalue weighted by Gasteiger charge is -2.20. The first-order valence-electron chi connectivity index (χ1n) is 7.57. The van der Waals surface area contributed by atoms with Crippen LogP contribution in [0.5, 0.6) is 0 Å². The molecule has 1 heterocycles. The van der Waals surface area contributed by atoms with Gasteiger partial charge in [-0.2, -0.15) is 13.2 Å². The Kier molecular flexibility index (Phi) is 5.81. The molecule has 0 aliphatic carbocycles. The van der Waals surface area contributed by atoms with Crippen LogP contribution in [0.2, 0.25) is 0 Å². The Labute approximate surface area is 141 Å². The number of nitrogens with zero attached hydrogens (tertiary/aromatic N) is 1. The maximum absolute atomic E-state index is 12.8. The lowest BCUT2D eigenvalue weighted by Crippen LogP contribution is -2.35. The van der Waals surface area contributed by atoms with Crippen LogP contribution in [-0.2, 0) is 6.18 Å². The van der Waals surface area contributed by atoms with E-state index in [0.29, 0.717) is 6.42 Å². The third kappa shape index (κ3) is 4.80. The van der Waals surface area contributed by atoms with Gasteiger partial charge >= 0.3 is 6.18 Å². The minimum atomic E-state index is -4.50. The van der Waals surface area contributed by atoms with Crippen LogP contribution in [0.1, 0.15) is 29.5 Å². The largest absolute Gasteiger partial charge is 0.451 e. The van der Waals surface area contributed by atoms with Crippen molar-refractivity contribution in [1.29, 1.82) is 0 Å². The average Bonchev–Trinajstić information content (AvgIpc) is 3.02. The maximum Gasteiger partial charge on any atom is 0.416 e. The van der Waals surface area contributed by atoms with Crippen LogP contribution in [0.25, 0.3) is 11.3 Å². The molecule has 1 aromatic carbocycles. The van der Waals surface area contributed by atoms with Crippen LogP contribution in [0.3, 0.4) is 0 Å². The molecule has 0 aliphatic rings. The molecule has 0 saturated carbocycles. The summed E-state index contributed by atoms with van der Waals surface area (Å²) in [6.45, 7) is 1.14. The molecule has 3 nitrogen and oxygen atoms in total. The van der Waals surface area contributed by atoms with Crippen LogP contribution in [0.4, 0.5) is 22.0 Å². The van der Waals surface area contributed by atoms with Gasteiger partial charge in [0.15, 0.2) is 5.76 Å². The summed E-state index contributed by atoms with van der Waals surface area (Å²) in [5.41, 5.74) is -0.704. The predicted octanol–water partition coefficient (Wildman–Crippen LogP) is 5.08. The second-order valence-electron chi connectivity index (χ2n) is 5.38. The van der Waals surface area contributed by atoms with Crippen LogP contribution >= 0.6 is 0 Å². The first-order valence-corrected chi connectivity index (χ1v) is 7.57. The number of hydrogen-bond donors (Lipinski definition) is 0. The van der Waals surface area contributed by atoms with E-state index in [-0.39, 0.29) is 23.6 Å². The van der Waals surface area contributed by atoms with Crippen molar-refractivity contribution in [2.45, 2.75) is 25.9 Å². The molecule has 0 radical (unpaired) electrons. The Hall–Kier alpha value is -2.38. The highest BCUT2D eigenvalue weighted by Gasteiger charge is 2.30. The third-order valence-corrected chi connectivity index (χ3v) is 3.43. The van der Waals surface area contributed by atoms with Crippen LogP contribution in [0.15, 0.2) is 40.8 Å². The fourth-order valence-electron chi connectivity index (χ4n) is 2.32. The summed E-state index contributed by atoms with van der Waals surface area (Å²) in [7, 11) is 0. The van der Waals surface area contributed by atoms with E-state index in [1.807, 2.05) is 0 Å². The number of furan rings is 1. The summed E-state index contributed by atoms with van der Waals surface area (Å²) < 4.78 is 68.8. The SMILES string of the molecule is CCCN(CC(F)F)C(=O)c1ccc(-c2cccc(C(F)(F)F)c2)o1. The quantitative estimate of drug-likeness (QED) is 0.672. The van der Waals surface area contributed by atoms with E-state index in [0.717, 1.165) is 17.0 Å². The fraction of sp³-hybridized carbons (Fsp3) is 0.353. The van der Waals surface area contributed by atoms with E-state index < -0.39 is 30.6 Å². The molecule has 2 rings (SSSR count). The molecule has 136 valence electrons. The molecule has 0 bridgehead atoms. The number of halogens is 5. The first kappa shape index (κ1) is 19.0. The normalized spacial score (nSPS) is 11.8. The van der Waals surface area contributed by atoms with Gasteiger partial charge in [-0.25, -0.2) is 8.78 Å². The van der Waals surface area contributed by atoms with Crippen molar-refractivity contribution in [3.05, 3.63) is 47.7 Å². The maximum atomic E-state index is 12.8. The van der Waals surface area contributed by atoms with E-state index in [1.165, 1.54) is 24.3 Å². The molecule has 0 atom stereocenters. The first-order chi connectivity index (χ1) is 11.7. The van der Waals surface area contributed by atoms with E-state index in [4.69, 9.17) is 4.42 Å². The van der Waals surface area contributed by atoms with Crippen molar-refractivity contribution in [1.82, 2.24) is 4.90 Å². The Bertz CT molecular complexity index is 724. The zero-order valence-electron chi connectivity index (χ0n) is 13.3. The molecule has 0 aliphatic heterocycles. The van der Waals surface area contributed by atoms with Crippen LogP contribution in [-0.4, -0.2) is 30.3 Å². The molecular weight excluding hydrogens is 345 g/mol. The number of carbonyl (C=O) groups excluding carboxylic acids is 1.